The molecule has 2 unspecified atom stereocenters. The normalized spacial score (nSPS) is 13.5. The number of furan rings is 1. The second-order valence-electron chi connectivity index (χ2n) is 5.58. The molecule has 0 bridgehead atoms. The van der Waals surface area contributed by atoms with Crippen molar-refractivity contribution >= 4 is 11.6 Å². The second kappa shape index (κ2) is 8.50. The molecule has 0 aliphatic heterocycles. The first-order valence-corrected chi connectivity index (χ1v) is 7.92. The van der Waals surface area contributed by atoms with Crippen LogP contribution >= 0.6 is 0 Å². The van der Waals surface area contributed by atoms with Crippen molar-refractivity contribution in [2.75, 3.05) is 11.9 Å². The molecule has 3 N–H and O–H groups in total. The van der Waals surface area contributed by atoms with Gasteiger partial charge in [0.25, 0.3) is 0 Å². The first kappa shape index (κ1) is 17.2. The molecule has 1 amide bonds. The Morgan fingerprint density at radius 3 is 2.70 bits per heavy atom. The number of nitrogens with one attached hydrogen (secondary N) is 2. The van der Waals surface area contributed by atoms with Gasteiger partial charge < -0.3 is 20.2 Å². The Labute approximate surface area is 136 Å². The van der Waals surface area contributed by atoms with E-state index in [0.717, 1.165) is 17.7 Å². The minimum absolute atomic E-state index is 0.0537. The van der Waals surface area contributed by atoms with E-state index in [1.54, 1.807) is 18.4 Å². The third-order valence-electron chi connectivity index (χ3n) is 3.72. The maximum atomic E-state index is 12.2. The molecular weight excluding hydrogens is 292 g/mol. The molecule has 0 saturated carbocycles. The first-order chi connectivity index (χ1) is 11.1. The van der Waals surface area contributed by atoms with Crippen LogP contribution in [0.1, 0.15) is 37.6 Å². The number of benzene rings is 1. The standard InChI is InChI=1S/C18H24N2O3/c1-3-14-7-4-5-8-15(14)20-18(22)11-13(2)19-16(12-21)17-9-6-10-23-17/h4-10,13,16,19,21H,3,11-12H2,1-2H3,(H,20,22). The zero-order valence-electron chi connectivity index (χ0n) is 13.6. The average molecular weight is 316 g/mol. The van der Waals surface area contributed by atoms with Crippen LogP contribution in [-0.2, 0) is 11.2 Å². The third-order valence-corrected chi connectivity index (χ3v) is 3.72. The SMILES string of the molecule is CCc1ccccc1NC(=O)CC(C)NC(CO)c1ccco1. The van der Waals surface area contributed by atoms with Crippen molar-refractivity contribution in [1.29, 1.82) is 0 Å². The minimum Gasteiger partial charge on any atom is -0.468 e. The highest BCUT2D eigenvalue weighted by molar-refractivity contribution is 5.91. The molecule has 5 heteroatoms. The molecule has 1 heterocycles. The maximum absolute atomic E-state index is 12.2. The van der Waals surface area contributed by atoms with Crippen LogP contribution in [0.5, 0.6) is 0 Å². The van der Waals surface area contributed by atoms with Crippen molar-refractivity contribution in [2.24, 2.45) is 0 Å². The molecule has 0 aliphatic carbocycles. The number of carbonyl (C=O) groups is 1. The summed E-state index contributed by atoms with van der Waals surface area (Å²) in [4.78, 5) is 12.2. The summed E-state index contributed by atoms with van der Waals surface area (Å²) in [7, 11) is 0. The van der Waals surface area contributed by atoms with Crippen molar-refractivity contribution in [3.8, 4) is 0 Å². The molecule has 1 aromatic carbocycles. The Morgan fingerprint density at radius 2 is 2.04 bits per heavy atom. The van der Waals surface area contributed by atoms with E-state index in [1.807, 2.05) is 31.2 Å². The van der Waals surface area contributed by atoms with Gasteiger partial charge in [0.2, 0.25) is 5.91 Å². The lowest BCUT2D eigenvalue weighted by Crippen LogP contribution is -2.35. The summed E-state index contributed by atoms with van der Waals surface area (Å²) < 4.78 is 5.30. The van der Waals surface area contributed by atoms with Crippen LogP contribution in [0.4, 0.5) is 5.69 Å². The number of hydrogen-bond acceptors (Lipinski definition) is 4. The molecule has 0 aliphatic rings. The van der Waals surface area contributed by atoms with Crippen molar-refractivity contribution in [2.45, 2.75) is 38.8 Å². The molecule has 2 aromatic rings. The van der Waals surface area contributed by atoms with Crippen LogP contribution in [0.25, 0.3) is 0 Å². The van der Waals surface area contributed by atoms with E-state index < -0.39 is 0 Å². The summed E-state index contributed by atoms with van der Waals surface area (Å²) in [5, 5.41) is 15.6. The molecule has 23 heavy (non-hydrogen) atoms. The zero-order chi connectivity index (χ0) is 16.7. The summed E-state index contributed by atoms with van der Waals surface area (Å²) in [5.41, 5.74) is 1.97. The van der Waals surface area contributed by atoms with Crippen LogP contribution in [0, 0.1) is 0 Å². The van der Waals surface area contributed by atoms with Gasteiger partial charge in [0, 0.05) is 18.2 Å². The van der Waals surface area contributed by atoms with Gasteiger partial charge in [-0.2, -0.15) is 0 Å². The van der Waals surface area contributed by atoms with Crippen molar-refractivity contribution in [3.05, 3.63) is 54.0 Å². The lowest BCUT2D eigenvalue weighted by atomic mass is 10.1. The summed E-state index contributed by atoms with van der Waals surface area (Å²) in [6.07, 6.45) is 2.75. The number of anilines is 1. The summed E-state index contributed by atoms with van der Waals surface area (Å²) in [6, 6.07) is 11.0. The van der Waals surface area contributed by atoms with Crippen LogP contribution in [0.2, 0.25) is 0 Å². The van der Waals surface area contributed by atoms with Crippen molar-refractivity contribution in [3.63, 3.8) is 0 Å². The van der Waals surface area contributed by atoms with Gasteiger partial charge in [0.15, 0.2) is 0 Å². The van der Waals surface area contributed by atoms with E-state index in [9.17, 15) is 9.90 Å². The van der Waals surface area contributed by atoms with Gasteiger partial charge in [-0.25, -0.2) is 0 Å². The van der Waals surface area contributed by atoms with Crippen LogP contribution in [0.15, 0.2) is 47.1 Å². The highest BCUT2D eigenvalue weighted by Gasteiger charge is 2.18. The summed E-state index contributed by atoms with van der Waals surface area (Å²) in [6.45, 7) is 3.89. The van der Waals surface area contributed by atoms with E-state index in [0.29, 0.717) is 12.2 Å². The molecule has 124 valence electrons. The minimum atomic E-state index is -0.310. The lowest BCUT2D eigenvalue weighted by molar-refractivity contribution is -0.116. The largest absolute Gasteiger partial charge is 0.468 e. The number of para-hydroxylation sites is 1. The predicted molar refractivity (Wildman–Crippen MR) is 90.2 cm³/mol. The number of amides is 1. The van der Waals surface area contributed by atoms with Gasteiger partial charge >= 0.3 is 0 Å². The van der Waals surface area contributed by atoms with Gasteiger partial charge in [0.05, 0.1) is 18.9 Å². The zero-order valence-corrected chi connectivity index (χ0v) is 13.6. The van der Waals surface area contributed by atoms with Crippen LogP contribution < -0.4 is 10.6 Å². The van der Waals surface area contributed by atoms with E-state index in [2.05, 4.69) is 17.6 Å². The Morgan fingerprint density at radius 1 is 1.26 bits per heavy atom. The van der Waals surface area contributed by atoms with Crippen molar-refractivity contribution in [1.82, 2.24) is 5.32 Å². The number of rotatable bonds is 8. The highest BCUT2D eigenvalue weighted by atomic mass is 16.3. The number of aryl methyl sites for hydroxylation is 1. The van der Waals surface area contributed by atoms with Gasteiger partial charge in [-0.3, -0.25) is 4.79 Å². The average Bonchev–Trinajstić information content (AvgIpc) is 3.07. The molecule has 0 saturated heterocycles. The van der Waals surface area contributed by atoms with Gasteiger partial charge in [-0.15, -0.1) is 0 Å². The second-order valence-corrected chi connectivity index (χ2v) is 5.58. The third kappa shape index (κ3) is 4.94. The quantitative estimate of drug-likeness (QED) is 0.700. The fourth-order valence-corrected chi connectivity index (χ4v) is 2.55. The molecule has 0 radical (unpaired) electrons. The highest BCUT2D eigenvalue weighted by Crippen LogP contribution is 2.17. The molecule has 1 aromatic heterocycles. The molecular formula is C18H24N2O3. The van der Waals surface area contributed by atoms with Gasteiger partial charge in [0.1, 0.15) is 5.76 Å². The molecule has 2 rings (SSSR count). The summed E-state index contributed by atoms with van der Waals surface area (Å²) >= 11 is 0. The van der Waals surface area contributed by atoms with Crippen LogP contribution in [-0.4, -0.2) is 23.7 Å². The Balaban J connectivity index is 1.89. The molecule has 5 nitrogen and oxygen atoms in total. The Bertz CT molecular complexity index is 610. The van der Waals surface area contributed by atoms with Gasteiger partial charge in [-0.1, -0.05) is 25.1 Å². The fraction of sp³-hybridized carbons (Fsp3) is 0.389. The summed E-state index contributed by atoms with van der Waals surface area (Å²) in [5.74, 6) is 0.609. The number of aliphatic hydroxyl groups is 1. The Kier molecular flexibility index (Phi) is 6.38. The topological polar surface area (TPSA) is 74.5 Å². The van der Waals surface area contributed by atoms with E-state index in [-0.39, 0.29) is 24.6 Å². The monoisotopic (exact) mass is 316 g/mol. The first-order valence-electron chi connectivity index (χ1n) is 7.92. The van der Waals surface area contributed by atoms with E-state index >= 15 is 0 Å². The van der Waals surface area contributed by atoms with E-state index in [1.165, 1.54) is 0 Å². The predicted octanol–water partition coefficient (Wildman–Crippen LogP) is 2.88. The van der Waals surface area contributed by atoms with Gasteiger partial charge in [-0.05, 0) is 37.1 Å². The number of aliphatic hydroxyl groups excluding tert-OH is 1. The van der Waals surface area contributed by atoms with Crippen molar-refractivity contribution < 1.29 is 14.3 Å². The number of hydrogen-bond donors (Lipinski definition) is 3. The molecule has 2 atom stereocenters. The molecule has 0 fully saturated rings. The van der Waals surface area contributed by atoms with E-state index in [4.69, 9.17) is 4.42 Å². The lowest BCUT2D eigenvalue weighted by Gasteiger charge is -2.20. The smallest absolute Gasteiger partial charge is 0.225 e. The maximum Gasteiger partial charge on any atom is 0.225 e. The fourth-order valence-electron chi connectivity index (χ4n) is 2.55. The van der Waals surface area contributed by atoms with Crippen LogP contribution in [0.3, 0.4) is 0 Å². The Hall–Kier alpha value is -2.11. The number of carbonyl (C=O) groups excluding carboxylic acids is 1. The molecule has 0 spiro atoms.